The number of rotatable bonds is 13. The van der Waals surface area contributed by atoms with Gasteiger partial charge < -0.3 is 20.8 Å². The first-order chi connectivity index (χ1) is 13.1. The molecule has 29 heavy (non-hydrogen) atoms. The molecule has 7 heteroatoms. The molecule has 0 radical (unpaired) electrons. The van der Waals surface area contributed by atoms with Crippen LogP contribution in [0.5, 0.6) is 11.5 Å². The van der Waals surface area contributed by atoms with Crippen LogP contribution in [0.2, 0.25) is 5.02 Å². The summed E-state index contributed by atoms with van der Waals surface area (Å²) in [6.45, 7) is 3.99. The molecule has 0 saturated carbocycles. The number of hydrogen-bond donors (Lipinski definition) is 4. The third kappa shape index (κ3) is 12.2. The molecule has 164 valence electrons. The minimum absolute atomic E-state index is 0. The summed E-state index contributed by atoms with van der Waals surface area (Å²) in [5, 5.41) is 26.5. The molecule has 0 fully saturated rings. The summed E-state index contributed by atoms with van der Waals surface area (Å²) < 4.78 is 0. The molecule has 0 spiro atoms. The second-order valence-corrected chi connectivity index (χ2v) is 7.30. The van der Waals surface area contributed by atoms with E-state index in [1.54, 1.807) is 6.07 Å². The van der Waals surface area contributed by atoms with Crippen molar-refractivity contribution in [1.29, 1.82) is 0 Å². The van der Waals surface area contributed by atoms with Crippen LogP contribution >= 0.6 is 36.4 Å². The number of phenols is 2. The molecule has 0 bridgehead atoms. The van der Waals surface area contributed by atoms with Crippen molar-refractivity contribution < 1.29 is 10.2 Å². The van der Waals surface area contributed by atoms with Crippen molar-refractivity contribution >= 4 is 36.4 Å². The van der Waals surface area contributed by atoms with Crippen LogP contribution in [0.4, 0.5) is 0 Å². The summed E-state index contributed by atoms with van der Waals surface area (Å²) >= 11 is 5.89. The number of hydrogen-bond acceptors (Lipinski definition) is 4. The number of nitrogens with one attached hydrogen (secondary N) is 2. The van der Waals surface area contributed by atoms with Crippen LogP contribution in [0.3, 0.4) is 0 Å². The van der Waals surface area contributed by atoms with Gasteiger partial charge in [-0.1, -0.05) is 42.6 Å². The molecule has 0 aliphatic rings. The molecular weight excluding hydrogens is 431 g/mol. The molecule has 4 N–H and O–H groups in total. The van der Waals surface area contributed by atoms with Gasteiger partial charge in [-0.15, -0.1) is 24.8 Å². The minimum Gasteiger partial charge on any atom is -0.504 e. The first-order valence-corrected chi connectivity index (χ1v) is 10.2. The normalized spacial score (nSPS) is 10.2. The van der Waals surface area contributed by atoms with Crippen LogP contribution in [-0.2, 0) is 12.8 Å². The van der Waals surface area contributed by atoms with E-state index in [0.717, 1.165) is 49.6 Å². The molecule has 2 aromatic rings. The number of halogens is 3. The lowest BCUT2D eigenvalue weighted by atomic mass is 10.1. The number of phenolic OH excluding ortho intramolecular Hbond substituents is 2. The third-order valence-corrected chi connectivity index (χ3v) is 4.84. The fourth-order valence-corrected chi connectivity index (χ4v) is 3.07. The lowest BCUT2D eigenvalue weighted by Crippen LogP contribution is -2.19. The van der Waals surface area contributed by atoms with E-state index in [0.29, 0.717) is 0 Å². The van der Waals surface area contributed by atoms with Gasteiger partial charge in [0.25, 0.3) is 0 Å². The van der Waals surface area contributed by atoms with E-state index in [2.05, 4.69) is 22.8 Å². The average Bonchev–Trinajstić information content (AvgIpc) is 2.67. The molecule has 0 heterocycles. The number of aromatic hydroxyl groups is 2. The Kier molecular flexibility index (Phi) is 15.9. The molecule has 2 rings (SSSR count). The summed E-state index contributed by atoms with van der Waals surface area (Å²) in [7, 11) is 0. The van der Waals surface area contributed by atoms with Crippen molar-refractivity contribution in [3.05, 3.63) is 58.6 Å². The standard InChI is InChI=1S/C22H31ClN2O2.2ClH/c23-20-8-5-18(6-9-20)11-15-24-13-3-1-2-4-14-25-16-12-19-7-10-21(26)22(27)17-19;;/h5-10,17,24-27H,1-4,11-16H2;2*1H. The van der Waals surface area contributed by atoms with Gasteiger partial charge in [0, 0.05) is 5.02 Å². The zero-order valence-electron chi connectivity index (χ0n) is 16.7. The topological polar surface area (TPSA) is 64.5 Å². The Hall–Kier alpha value is -1.17. The van der Waals surface area contributed by atoms with Crippen molar-refractivity contribution in [2.24, 2.45) is 0 Å². The molecule has 0 aliphatic heterocycles. The minimum atomic E-state index is -0.0637. The highest BCUT2D eigenvalue weighted by Gasteiger charge is 2.00. The Balaban J connectivity index is 0.00000392. The molecule has 0 aromatic heterocycles. The quantitative estimate of drug-likeness (QED) is 0.246. The molecule has 4 nitrogen and oxygen atoms in total. The molecule has 0 amide bonds. The van der Waals surface area contributed by atoms with Gasteiger partial charge in [0.2, 0.25) is 0 Å². The zero-order chi connectivity index (χ0) is 19.3. The van der Waals surface area contributed by atoms with Crippen molar-refractivity contribution in [3.63, 3.8) is 0 Å². The van der Waals surface area contributed by atoms with Crippen molar-refractivity contribution in [1.82, 2.24) is 10.6 Å². The largest absolute Gasteiger partial charge is 0.504 e. The van der Waals surface area contributed by atoms with Crippen LogP contribution < -0.4 is 10.6 Å². The Morgan fingerprint density at radius 1 is 0.621 bits per heavy atom. The third-order valence-electron chi connectivity index (χ3n) is 4.59. The maximum Gasteiger partial charge on any atom is 0.157 e. The average molecular weight is 464 g/mol. The highest BCUT2D eigenvalue weighted by molar-refractivity contribution is 6.30. The first-order valence-electron chi connectivity index (χ1n) is 9.82. The lowest BCUT2D eigenvalue weighted by Gasteiger charge is -2.07. The summed E-state index contributed by atoms with van der Waals surface area (Å²) in [6, 6.07) is 13.1. The second kappa shape index (κ2) is 16.6. The van der Waals surface area contributed by atoms with E-state index in [-0.39, 0.29) is 36.3 Å². The second-order valence-electron chi connectivity index (χ2n) is 6.86. The van der Waals surface area contributed by atoms with E-state index in [1.807, 2.05) is 18.2 Å². The van der Waals surface area contributed by atoms with E-state index < -0.39 is 0 Å². The van der Waals surface area contributed by atoms with Crippen molar-refractivity contribution in [2.75, 3.05) is 26.2 Å². The van der Waals surface area contributed by atoms with Crippen LogP contribution in [0.1, 0.15) is 36.8 Å². The maximum atomic E-state index is 9.46. The van der Waals surface area contributed by atoms with Crippen LogP contribution in [-0.4, -0.2) is 36.4 Å². The predicted octanol–water partition coefficient (Wildman–Crippen LogP) is 5.12. The van der Waals surface area contributed by atoms with Gasteiger partial charge in [0.05, 0.1) is 0 Å². The van der Waals surface area contributed by atoms with Gasteiger partial charge in [0.15, 0.2) is 11.5 Å². The number of benzene rings is 2. The Bertz CT molecular complexity index is 670. The Morgan fingerprint density at radius 3 is 1.69 bits per heavy atom. The summed E-state index contributed by atoms with van der Waals surface area (Å²) in [6.07, 6.45) is 6.79. The van der Waals surface area contributed by atoms with Gasteiger partial charge in [0.1, 0.15) is 0 Å². The van der Waals surface area contributed by atoms with E-state index in [9.17, 15) is 10.2 Å². The SMILES string of the molecule is Cl.Cl.Oc1ccc(CCNCCCCCCNCCc2ccc(Cl)cc2)cc1O. The van der Waals surface area contributed by atoms with Crippen LogP contribution in [0.15, 0.2) is 42.5 Å². The Labute approximate surface area is 191 Å². The molecule has 0 saturated heterocycles. The van der Waals surface area contributed by atoms with Crippen molar-refractivity contribution in [3.8, 4) is 11.5 Å². The van der Waals surface area contributed by atoms with Crippen LogP contribution in [0, 0.1) is 0 Å². The molecule has 2 aromatic carbocycles. The monoisotopic (exact) mass is 462 g/mol. The zero-order valence-corrected chi connectivity index (χ0v) is 19.1. The summed E-state index contributed by atoms with van der Waals surface area (Å²) in [4.78, 5) is 0. The van der Waals surface area contributed by atoms with Gasteiger partial charge in [-0.05, 0) is 87.3 Å². The van der Waals surface area contributed by atoms with Gasteiger partial charge >= 0.3 is 0 Å². The smallest absolute Gasteiger partial charge is 0.157 e. The fourth-order valence-electron chi connectivity index (χ4n) is 2.94. The van der Waals surface area contributed by atoms with Gasteiger partial charge in [-0.3, -0.25) is 0 Å². The molecule has 0 unspecified atom stereocenters. The first kappa shape index (κ1) is 27.8. The highest BCUT2D eigenvalue weighted by atomic mass is 35.5. The molecule has 0 aliphatic carbocycles. The predicted molar refractivity (Wildman–Crippen MR) is 127 cm³/mol. The van der Waals surface area contributed by atoms with Gasteiger partial charge in [-0.25, -0.2) is 0 Å². The van der Waals surface area contributed by atoms with Crippen LogP contribution in [0.25, 0.3) is 0 Å². The fraction of sp³-hybridized carbons (Fsp3) is 0.455. The van der Waals surface area contributed by atoms with Gasteiger partial charge in [-0.2, -0.15) is 0 Å². The highest BCUT2D eigenvalue weighted by Crippen LogP contribution is 2.24. The van der Waals surface area contributed by atoms with E-state index in [4.69, 9.17) is 11.6 Å². The Morgan fingerprint density at radius 2 is 1.14 bits per heavy atom. The summed E-state index contributed by atoms with van der Waals surface area (Å²) in [5.41, 5.74) is 2.35. The van der Waals surface area contributed by atoms with E-state index in [1.165, 1.54) is 37.3 Å². The maximum absolute atomic E-state index is 9.46. The summed E-state index contributed by atoms with van der Waals surface area (Å²) in [5.74, 6) is -0.111. The number of unbranched alkanes of at least 4 members (excludes halogenated alkanes) is 3. The molecular formula is C22H33Cl3N2O2. The molecule has 0 atom stereocenters. The van der Waals surface area contributed by atoms with E-state index >= 15 is 0 Å². The lowest BCUT2D eigenvalue weighted by molar-refractivity contribution is 0.403. The van der Waals surface area contributed by atoms with Crippen molar-refractivity contribution in [2.45, 2.75) is 38.5 Å².